The van der Waals surface area contributed by atoms with E-state index in [1.54, 1.807) is 11.9 Å². The highest BCUT2D eigenvalue weighted by Crippen LogP contribution is 2.18. The van der Waals surface area contributed by atoms with Crippen molar-refractivity contribution in [3.05, 3.63) is 29.6 Å². The van der Waals surface area contributed by atoms with Crippen molar-refractivity contribution >= 4 is 22.8 Å². The third kappa shape index (κ3) is 3.99. The van der Waals surface area contributed by atoms with E-state index in [0.29, 0.717) is 13.1 Å². The number of benzene rings is 1. The second-order valence-corrected chi connectivity index (χ2v) is 6.86. The number of imidazole rings is 1. The molecule has 0 bridgehead atoms. The number of piperidine rings is 1. The number of nitrogens with one attached hydrogen (secondary N) is 1. The number of para-hydroxylation sites is 1. The average molecular weight is 343 g/mol. The molecule has 0 spiro atoms. The van der Waals surface area contributed by atoms with Gasteiger partial charge in [0.1, 0.15) is 5.82 Å². The number of aryl methyl sites for hydroxylation is 1. The van der Waals surface area contributed by atoms with Crippen LogP contribution in [-0.2, 0) is 16.1 Å². The molecule has 0 radical (unpaired) electrons. The molecule has 1 fully saturated rings. The van der Waals surface area contributed by atoms with Crippen LogP contribution in [0.2, 0.25) is 0 Å². The van der Waals surface area contributed by atoms with Crippen molar-refractivity contribution < 1.29 is 9.59 Å². The Labute approximate surface area is 147 Å². The number of fused-ring (bicyclic) bond motifs is 1. The summed E-state index contributed by atoms with van der Waals surface area (Å²) in [6, 6.07) is 6.01. The maximum atomic E-state index is 12.5. The summed E-state index contributed by atoms with van der Waals surface area (Å²) in [5.74, 6) is 0.549. The van der Waals surface area contributed by atoms with Gasteiger partial charge in [-0.25, -0.2) is 4.98 Å². The van der Waals surface area contributed by atoms with Crippen LogP contribution >= 0.6 is 0 Å². The van der Waals surface area contributed by atoms with Gasteiger partial charge in [0, 0.05) is 13.0 Å². The van der Waals surface area contributed by atoms with Gasteiger partial charge in [-0.2, -0.15) is 0 Å². The fourth-order valence-corrected chi connectivity index (χ4v) is 3.30. The predicted molar refractivity (Wildman–Crippen MR) is 95.7 cm³/mol. The molecule has 3 N–H and O–H groups in total. The van der Waals surface area contributed by atoms with Gasteiger partial charge < -0.3 is 15.6 Å². The second kappa shape index (κ2) is 7.23. The van der Waals surface area contributed by atoms with Gasteiger partial charge in [0.25, 0.3) is 0 Å². The molecule has 1 aromatic carbocycles. The SMILES string of the molecule is Cc1cccc2[nH]c(CN(C)C(=O)CN3CCC(C(N)=O)CC3)nc12. The largest absolute Gasteiger partial charge is 0.369 e. The molecule has 1 aliphatic heterocycles. The van der Waals surface area contributed by atoms with Crippen molar-refractivity contribution in [3.8, 4) is 0 Å². The van der Waals surface area contributed by atoms with Crippen LogP contribution in [0, 0.1) is 12.8 Å². The summed E-state index contributed by atoms with van der Waals surface area (Å²) in [4.78, 5) is 35.3. The molecule has 3 rings (SSSR count). The van der Waals surface area contributed by atoms with E-state index in [2.05, 4.69) is 14.9 Å². The van der Waals surface area contributed by atoms with E-state index in [9.17, 15) is 9.59 Å². The molecule has 1 aliphatic rings. The van der Waals surface area contributed by atoms with E-state index < -0.39 is 0 Å². The zero-order valence-corrected chi connectivity index (χ0v) is 14.8. The van der Waals surface area contributed by atoms with Crippen LogP contribution in [0.1, 0.15) is 24.2 Å². The summed E-state index contributed by atoms with van der Waals surface area (Å²) >= 11 is 0. The Bertz CT molecular complexity index is 777. The number of H-pyrrole nitrogens is 1. The third-order valence-electron chi connectivity index (χ3n) is 4.92. The Morgan fingerprint density at radius 1 is 1.36 bits per heavy atom. The number of likely N-dealkylation sites (tertiary alicyclic amines) is 1. The van der Waals surface area contributed by atoms with Crippen LogP contribution in [0.5, 0.6) is 0 Å². The standard InChI is InChI=1S/C18H25N5O2/c1-12-4-3-5-14-17(12)21-15(20-14)10-22(2)16(24)11-23-8-6-13(7-9-23)18(19)25/h3-5,13H,6-11H2,1-2H3,(H2,19,25)(H,20,21). The first-order valence-corrected chi connectivity index (χ1v) is 8.64. The lowest BCUT2D eigenvalue weighted by molar-refractivity contribution is -0.132. The first kappa shape index (κ1) is 17.4. The van der Waals surface area contributed by atoms with Crippen LogP contribution in [0.4, 0.5) is 0 Å². The molecule has 25 heavy (non-hydrogen) atoms. The van der Waals surface area contributed by atoms with Gasteiger partial charge in [-0.3, -0.25) is 14.5 Å². The molecule has 2 amide bonds. The highest BCUT2D eigenvalue weighted by molar-refractivity contribution is 5.80. The molecule has 0 saturated carbocycles. The van der Waals surface area contributed by atoms with E-state index >= 15 is 0 Å². The zero-order chi connectivity index (χ0) is 18.0. The molecule has 1 saturated heterocycles. The second-order valence-electron chi connectivity index (χ2n) is 6.86. The maximum absolute atomic E-state index is 12.5. The molecule has 1 aromatic heterocycles. The molecular weight excluding hydrogens is 318 g/mol. The van der Waals surface area contributed by atoms with Crippen LogP contribution in [0.3, 0.4) is 0 Å². The van der Waals surface area contributed by atoms with Crippen molar-refractivity contribution in [1.29, 1.82) is 0 Å². The number of hydrogen-bond acceptors (Lipinski definition) is 4. The quantitative estimate of drug-likeness (QED) is 0.847. The lowest BCUT2D eigenvalue weighted by Crippen LogP contribution is -2.44. The number of likely N-dealkylation sites (N-methyl/N-ethyl adjacent to an activating group) is 1. The fraction of sp³-hybridized carbons (Fsp3) is 0.500. The number of nitrogens with two attached hydrogens (primary N) is 1. The summed E-state index contributed by atoms with van der Waals surface area (Å²) in [6.45, 7) is 4.30. The Balaban J connectivity index is 1.55. The number of carbonyl (C=O) groups is 2. The summed E-state index contributed by atoms with van der Waals surface area (Å²) in [5, 5.41) is 0. The lowest BCUT2D eigenvalue weighted by Gasteiger charge is -2.31. The number of rotatable bonds is 5. The Morgan fingerprint density at radius 3 is 2.72 bits per heavy atom. The highest BCUT2D eigenvalue weighted by atomic mass is 16.2. The average Bonchev–Trinajstić information content (AvgIpc) is 2.99. The van der Waals surface area contributed by atoms with Crippen molar-refractivity contribution in [3.63, 3.8) is 0 Å². The van der Waals surface area contributed by atoms with Crippen LogP contribution in [-0.4, -0.2) is 58.3 Å². The summed E-state index contributed by atoms with van der Waals surface area (Å²) < 4.78 is 0. The number of nitrogens with zero attached hydrogens (tertiary/aromatic N) is 3. The lowest BCUT2D eigenvalue weighted by atomic mass is 9.96. The van der Waals surface area contributed by atoms with Crippen molar-refractivity contribution in [2.75, 3.05) is 26.7 Å². The maximum Gasteiger partial charge on any atom is 0.236 e. The minimum atomic E-state index is -0.233. The monoisotopic (exact) mass is 343 g/mol. The molecule has 2 aromatic rings. The van der Waals surface area contributed by atoms with Gasteiger partial charge in [0.2, 0.25) is 11.8 Å². The minimum Gasteiger partial charge on any atom is -0.369 e. The van der Waals surface area contributed by atoms with Crippen LogP contribution in [0.25, 0.3) is 11.0 Å². The zero-order valence-electron chi connectivity index (χ0n) is 14.8. The normalized spacial score (nSPS) is 16.2. The van der Waals surface area contributed by atoms with Crippen molar-refractivity contribution in [2.24, 2.45) is 11.7 Å². The van der Waals surface area contributed by atoms with Gasteiger partial charge in [0.15, 0.2) is 0 Å². The van der Waals surface area contributed by atoms with E-state index in [1.807, 2.05) is 25.1 Å². The molecule has 2 heterocycles. The molecule has 7 nitrogen and oxygen atoms in total. The van der Waals surface area contributed by atoms with Crippen molar-refractivity contribution in [1.82, 2.24) is 19.8 Å². The third-order valence-corrected chi connectivity index (χ3v) is 4.92. The summed E-state index contributed by atoms with van der Waals surface area (Å²) in [5.41, 5.74) is 8.41. The smallest absolute Gasteiger partial charge is 0.236 e. The van der Waals surface area contributed by atoms with Crippen LogP contribution in [0.15, 0.2) is 18.2 Å². The Hall–Kier alpha value is -2.41. The predicted octanol–water partition coefficient (Wildman–Crippen LogP) is 1.03. The molecule has 0 atom stereocenters. The highest BCUT2D eigenvalue weighted by Gasteiger charge is 2.25. The first-order chi connectivity index (χ1) is 11.9. The van der Waals surface area contributed by atoms with Crippen molar-refractivity contribution in [2.45, 2.75) is 26.3 Å². The molecule has 0 aliphatic carbocycles. The van der Waals surface area contributed by atoms with Gasteiger partial charge in [0.05, 0.1) is 24.1 Å². The number of aromatic amines is 1. The molecular formula is C18H25N5O2. The number of primary amides is 1. The van der Waals surface area contributed by atoms with E-state index in [1.165, 1.54) is 0 Å². The van der Waals surface area contributed by atoms with E-state index in [-0.39, 0.29) is 17.7 Å². The van der Waals surface area contributed by atoms with Gasteiger partial charge in [-0.15, -0.1) is 0 Å². The van der Waals surface area contributed by atoms with E-state index in [4.69, 9.17) is 5.73 Å². The van der Waals surface area contributed by atoms with Crippen LogP contribution < -0.4 is 5.73 Å². The molecule has 7 heteroatoms. The van der Waals surface area contributed by atoms with Gasteiger partial charge in [-0.1, -0.05) is 12.1 Å². The Kier molecular flexibility index (Phi) is 5.03. The minimum absolute atomic E-state index is 0.0507. The molecule has 0 unspecified atom stereocenters. The number of carbonyl (C=O) groups excluding carboxylic acids is 2. The topological polar surface area (TPSA) is 95.3 Å². The number of amides is 2. The van der Waals surface area contributed by atoms with Gasteiger partial charge in [-0.05, 0) is 44.5 Å². The number of aromatic nitrogens is 2. The first-order valence-electron chi connectivity index (χ1n) is 8.64. The van der Waals surface area contributed by atoms with E-state index in [0.717, 1.165) is 48.4 Å². The molecule has 134 valence electrons. The Morgan fingerprint density at radius 2 is 2.08 bits per heavy atom. The summed E-state index contributed by atoms with van der Waals surface area (Å²) in [6.07, 6.45) is 1.46. The number of hydrogen-bond donors (Lipinski definition) is 2. The van der Waals surface area contributed by atoms with Gasteiger partial charge >= 0.3 is 0 Å². The fourth-order valence-electron chi connectivity index (χ4n) is 3.30. The summed E-state index contributed by atoms with van der Waals surface area (Å²) in [7, 11) is 1.79.